The first-order chi connectivity index (χ1) is 11.1. The maximum absolute atomic E-state index is 12.7. The van der Waals surface area contributed by atoms with Crippen molar-refractivity contribution in [1.29, 1.82) is 0 Å². The predicted molar refractivity (Wildman–Crippen MR) is 91.5 cm³/mol. The van der Waals surface area contributed by atoms with Gasteiger partial charge in [-0.1, -0.05) is 6.07 Å². The molecule has 5 heteroatoms. The number of anilines is 1. The molecule has 1 aromatic carbocycles. The molecule has 1 amide bonds. The molecule has 0 radical (unpaired) electrons. The van der Waals surface area contributed by atoms with E-state index in [1.807, 2.05) is 24.0 Å². The number of carbonyl (C=O) groups excluding carboxylic acids is 1. The number of hydrogen-bond acceptors (Lipinski definition) is 4. The third kappa shape index (κ3) is 4.03. The fourth-order valence-electron chi connectivity index (χ4n) is 3.51. The Morgan fingerprint density at radius 3 is 2.61 bits per heavy atom. The van der Waals surface area contributed by atoms with Crippen LogP contribution >= 0.6 is 0 Å². The van der Waals surface area contributed by atoms with Gasteiger partial charge >= 0.3 is 0 Å². The molecule has 0 unspecified atom stereocenters. The predicted octanol–water partition coefficient (Wildman–Crippen LogP) is 1.76. The number of nitrogen functional groups attached to an aromatic ring is 1. The molecule has 2 aliphatic heterocycles. The number of nitrogens with zero attached hydrogens (tertiary/aromatic N) is 2. The zero-order chi connectivity index (χ0) is 16.2. The summed E-state index contributed by atoms with van der Waals surface area (Å²) in [6.07, 6.45) is 2.18. The van der Waals surface area contributed by atoms with E-state index < -0.39 is 0 Å². The molecule has 2 fully saturated rings. The molecule has 0 spiro atoms. The van der Waals surface area contributed by atoms with Gasteiger partial charge in [0.15, 0.2) is 0 Å². The minimum absolute atomic E-state index is 0.125. The second-order valence-corrected chi connectivity index (χ2v) is 6.72. The molecule has 2 N–H and O–H groups in total. The van der Waals surface area contributed by atoms with Crippen LogP contribution in [0.5, 0.6) is 0 Å². The number of benzene rings is 1. The van der Waals surface area contributed by atoms with Crippen molar-refractivity contribution in [1.82, 2.24) is 9.80 Å². The fourth-order valence-corrected chi connectivity index (χ4v) is 3.51. The van der Waals surface area contributed by atoms with Crippen molar-refractivity contribution in [3.05, 3.63) is 29.3 Å². The molecule has 0 bridgehead atoms. The van der Waals surface area contributed by atoms with Crippen LogP contribution in [0.1, 0.15) is 28.8 Å². The number of hydrogen-bond donors (Lipinski definition) is 1. The number of likely N-dealkylation sites (tertiary alicyclic amines) is 1. The zero-order valence-corrected chi connectivity index (χ0v) is 14.0. The van der Waals surface area contributed by atoms with E-state index in [-0.39, 0.29) is 5.91 Å². The number of morpholine rings is 1. The number of carbonyl (C=O) groups is 1. The molecule has 0 saturated carbocycles. The lowest BCUT2D eigenvalue weighted by Gasteiger charge is -2.36. The van der Waals surface area contributed by atoms with Crippen LogP contribution in [0.25, 0.3) is 0 Å². The van der Waals surface area contributed by atoms with Crippen molar-refractivity contribution < 1.29 is 9.53 Å². The average molecular weight is 317 g/mol. The van der Waals surface area contributed by atoms with Gasteiger partial charge in [0.05, 0.1) is 13.2 Å². The Hall–Kier alpha value is -1.59. The maximum Gasteiger partial charge on any atom is 0.254 e. The number of piperidine rings is 1. The molecule has 2 aliphatic rings. The largest absolute Gasteiger partial charge is 0.399 e. The van der Waals surface area contributed by atoms with Gasteiger partial charge in [-0.05, 0) is 43.4 Å². The number of rotatable bonds is 3. The Labute approximate surface area is 138 Å². The quantitative estimate of drug-likeness (QED) is 0.863. The lowest BCUT2D eigenvalue weighted by atomic mass is 9.95. The molecule has 2 saturated heterocycles. The summed E-state index contributed by atoms with van der Waals surface area (Å²) in [5.41, 5.74) is 8.23. The summed E-state index contributed by atoms with van der Waals surface area (Å²) < 4.78 is 5.40. The number of nitrogens with two attached hydrogens (primary N) is 1. The van der Waals surface area contributed by atoms with Gasteiger partial charge in [-0.25, -0.2) is 0 Å². The highest BCUT2D eigenvalue weighted by Crippen LogP contribution is 2.22. The highest BCUT2D eigenvalue weighted by Gasteiger charge is 2.26. The molecule has 3 rings (SSSR count). The fraction of sp³-hybridized carbons (Fsp3) is 0.611. The van der Waals surface area contributed by atoms with Crippen LogP contribution in [-0.4, -0.2) is 61.6 Å². The second kappa shape index (κ2) is 7.32. The van der Waals surface area contributed by atoms with E-state index in [1.54, 1.807) is 6.07 Å². The van der Waals surface area contributed by atoms with Gasteiger partial charge in [-0.2, -0.15) is 0 Å². The Morgan fingerprint density at radius 1 is 1.22 bits per heavy atom. The Bertz CT molecular complexity index is 547. The highest BCUT2D eigenvalue weighted by molar-refractivity contribution is 5.96. The van der Waals surface area contributed by atoms with Crippen molar-refractivity contribution in [3.63, 3.8) is 0 Å². The zero-order valence-electron chi connectivity index (χ0n) is 14.0. The van der Waals surface area contributed by atoms with E-state index in [2.05, 4.69) is 4.90 Å². The normalized spacial score (nSPS) is 20.7. The second-order valence-electron chi connectivity index (χ2n) is 6.72. The summed E-state index contributed by atoms with van der Waals surface area (Å²) in [7, 11) is 0. The summed E-state index contributed by atoms with van der Waals surface area (Å²) in [4.78, 5) is 17.2. The standard InChI is InChI=1S/C18H27N3O2/c1-14-2-3-16(19)12-17(14)18(22)21-6-4-15(5-7-21)13-20-8-10-23-11-9-20/h2-3,12,15H,4-11,13,19H2,1H3. The summed E-state index contributed by atoms with van der Waals surface area (Å²) in [6.45, 7) is 8.60. The summed E-state index contributed by atoms with van der Waals surface area (Å²) in [5, 5.41) is 0. The van der Waals surface area contributed by atoms with Crippen LogP contribution in [0.15, 0.2) is 18.2 Å². The topological polar surface area (TPSA) is 58.8 Å². The van der Waals surface area contributed by atoms with E-state index in [9.17, 15) is 4.79 Å². The molecular weight excluding hydrogens is 290 g/mol. The van der Waals surface area contributed by atoms with Gasteiger partial charge in [-0.15, -0.1) is 0 Å². The smallest absolute Gasteiger partial charge is 0.254 e. The van der Waals surface area contributed by atoms with Crippen LogP contribution in [0, 0.1) is 12.8 Å². The van der Waals surface area contributed by atoms with Crippen molar-refractivity contribution in [2.45, 2.75) is 19.8 Å². The SMILES string of the molecule is Cc1ccc(N)cc1C(=O)N1CCC(CN2CCOCC2)CC1. The summed E-state index contributed by atoms with van der Waals surface area (Å²) in [6, 6.07) is 5.58. The molecule has 0 aromatic heterocycles. The van der Waals surface area contributed by atoms with E-state index >= 15 is 0 Å². The Kier molecular flexibility index (Phi) is 5.18. The van der Waals surface area contributed by atoms with Crippen LogP contribution in [0.4, 0.5) is 5.69 Å². The van der Waals surface area contributed by atoms with Crippen LogP contribution < -0.4 is 5.73 Å². The average Bonchev–Trinajstić information content (AvgIpc) is 2.58. The van der Waals surface area contributed by atoms with Gasteiger partial charge in [-0.3, -0.25) is 9.69 Å². The first kappa shape index (κ1) is 16.3. The van der Waals surface area contributed by atoms with Gasteiger partial charge in [0.1, 0.15) is 0 Å². The van der Waals surface area contributed by atoms with Gasteiger partial charge in [0.25, 0.3) is 5.91 Å². The van der Waals surface area contributed by atoms with Crippen molar-refractivity contribution in [2.75, 3.05) is 51.7 Å². The molecular formula is C18H27N3O2. The van der Waals surface area contributed by atoms with E-state index in [0.717, 1.165) is 69.9 Å². The number of aryl methyl sites for hydroxylation is 1. The lowest BCUT2D eigenvalue weighted by Crippen LogP contribution is -2.44. The van der Waals surface area contributed by atoms with Crippen LogP contribution in [0.2, 0.25) is 0 Å². The van der Waals surface area contributed by atoms with Gasteiger partial charge < -0.3 is 15.4 Å². The van der Waals surface area contributed by atoms with Crippen molar-refractivity contribution >= 4 is 11.6 Å². The minimum Gasteiger partial charge on any atom is -0.399 e. The Balaban J connectivity index is 1.53. The molecule has 0 atom stereocenters. The molecule has 126 valence electrons. The van der Waals surface area contributed by atoms with Gasteiger partial charge in [0, 0.05) is 44.0 Å². The van der Waals surface area contributed by atoms with E-state index in [1.165, 1.54) is 0 Å². The monoisotopic (exact) mass is 317 g/mol. The van der Waals surface area contributed by atoms with E-state index in [0.29, 0.717) is 11.6 Å². The first-order valence-electron chi connectivity index (χ1n) is 8.59. The Morgan fingerprint density at radius 2 is 1.91 bits per heavy atom. The third-order valence-electron chi connectivity index (χ3n) is 5.01. The molecule has 5 nitrogen and oxygen atoms in total. The van der Waals surface area contributed by atoms with Crippen molar-refractivity contribution in [3.8, 4) is 0 Å². The molecule has 0 aliphatic carbocycles. The molecule has 1 aromatic rings. The maximum atomic E-state index is 12.7. The van der Waals surface area contributed by atoms with Crippen LogP contribution in [0.3, 0.4) is 0 Å². The molecule has 23 heavy (non-hydrogen) atoms. The van der Waals surface area contributed by atoms with Crippen molar-refractivity contribution in [2.24, 2.45) is 5.92 Å². The van der Waals surface area contributed by atoms with E-state index in [4.69, 9.17) is 10.5 Å². The third-order valence-corrected chi connectivity index (χ3v) is 5.01. The first-order valence-corrected chi connectivity index (χ1v) is 8.59. The number of ether oxygens (including phenoxy) is 1. The lowest BCUT2D eigenvalue weighted by molar-refractivity contribution is 0.0243. The van der Waals surface area contributed by atoms with Crippen LogP contribution in [-0.2, 0) is 4.74 Å². The summed E-state index contributed by atoms with van der Waals surface area (Å²) >= 11 is 0. The minimum atomic E-state index is 0.125. The summed E-state index contributed by atoms with van der Waals surface area (Å²) in [5.74, 6) is 0.818. The van der Waals surface area contributed by atoms with Gasteiger partial charge in [0.2, 0.25) is 0 Å². The number of amides is 1. The molecule has 2 heterocycles. The highest BCUT2D eigenvalue weighted by atomic mass is 16.5.